The van der Waals surface area contributed by atoms with Crippen molar-refractivity contribution in [2.45, 2.75) is 19.8 Å². The predicted octanol–water partition coefficient (Wildman–Crippen LogP) is 1.97. The van der Waals surface area contributed by atoms with Crippen LogP contribution < -0.4 is 5.32 Å². The van der Waals surface area contributed by atoms with Gasteiger partial charge in [-0.1, -0.05) is 11.6 Å². The van der Waals surface area contributed by atoms with Gasteiger partial charge in [0, 0.05) is 32.9 Å². The molecule has 0 aliphatic carbocycles. The maximum absolute atomic E-state index is 12.6. The van der Waals surface area contributed by atoms with Crippen molar-refractivity contribution in [3.63, 3.8) is 0 Å². The van der Waals surface area contributed by atoms with Crippen molar-refractivity contribution in [2.24, 2.45) is 5.92 Å². The number of nitrogens with zero attached hydrogens (tertiary/aromatic N) is 2. The number of amides is 1. The third-order valence-electron chi connectivity index (χ3n) is 4.27. The number of piperidine rings is 1. The van der Waals surface area contributed by atoms with Gasteiger partial charge in [0.1, 0.15) is 0 Å². The lowest BCUT2D eigenvalue weighted by Crippen LogP contribution is -2.47. The first kappa shape index (κ1) is 21.6. The van der Waals surface area contributed by atoms with Gasteiger partial charge in [0.15, 0.2) is 0 Å². The summed E-state index contributed by atoms with van der Waals surface area (Å²) in [6.07, 6.45) is 1.20. The second-order valence-electron chi connectivity index (χ2n) is 6.39. The highest BCUT2D eigenvalue weighted by Crippen LogP contribution is 2.25. The maximum Gasteiger partial charge on any atom is 0.339 e. The number of carbonyl (C=O) groups excluding carboxylic acids is 2. The van der Waals surface area contributed by atoms with E-state index in [1.165, 1.54) is 30.5 Å². The molecular weight excluding hydrogens is 394 g/mol. The molecule has 1 amide bonds. The third kappa shape index (κ3) is 5.19. The quantitative estimate of drug-likeness (QED) is 0.714. The Morgan fingerprint density at radius 2 is 2.07 bits per heavy atom. The number of hydrogen-bond acceptors (Lipinski definition) is 5. The fraction of sp³-hybridized carbons (Fsp3) is 0.529. The molecule has 1 saturated heterocycles. The Hall–Kier alpha value is -1.68. The number of nitrogens with one attached hydrogen (secondary N) is 1. The molecule has 0 spiro atoms. The fourth-order valence-electron chi connectivity index (χ4n) is 2.81. The molecule has 150 valence electrons. The van der Waals surface area contributed by atoms with E-state index in [2.05, 4.69) is 5.32 Å². The van der Waals surface area contributed by atoms with E-state index < -0.39 is 22.1 Å². The van der Waals surface area contributed by atoms with Crippen LogP contribution in [0.1, 0.15) is 30.1 Å². The molecule has 0 radical (unpaired) electrons. The van der Waals surface area contributed by atoms with Crippen molar-refractivity contribution in [3.8, 4) is 0 Å². The lowest BCUT2D eigenvalue weighted by atomic mass is 9.98. The molecule has 0 bridgehead atoms. The van der Waals surface area contributed by atoms with E-state index in [0.717, 1.165) is 4.31 Å². The molecule has 1 aliphatic rings. The van der Waals surface area contributed by atoms with Gasteiger partial charge in [-0.15, -0.1) is 0 Å². The summed E-state index contributed by atoms with van der Waals surface area (Å²) in [4.78, 5) is 24.3. The number of hydrogen-bond donors (Lipinski definition) is 1. The van der Waals surface area contributed by atoms with Gasteiger partial charge in [0.25, 0.3) is 10.2 Å². The molecule has 8 nitrogen and oxygen atoms in total. The summed E-state index contributed by atoms with van der Waals surface area (Å²) in [5.74, 6) is -1.28. The molecule has 1 aromatic carbocycles. The molecule has 0 unspecified atom stereocenters. The van der Waals surface area contributed by atoms with Crippen LogP contribution in [0.3, 0.4) is 0 Å². The van der Waals surface area contributed by atoms with Gasteiger partial charge in [-0.05, 0) is 38.0 Å². The second kappa shape index (κ2) is 9.01. The number of esters is 1. The van der Waals surface area contributed by atoms with Crippen molar-refractivity contribution in [2.75, 3.05) is 39.1 Å². The minimum Gasteiger partial charge on any atom is -0.462 e. The minimum absolute atomic E-state index is 0.126. The van der Waals surface area contributed by atoms with E-state index in [1.54, 1.807) is 13.0 Å². The van der Waals surface area contributed by atoms with E-state index in [1.807, 2.05) is 0 Å². The molecule has 1 N–H and O–H groups in total. The number of benzene rings is 1. The van der Waals surface area contributed by atoms with E-state index in [0.29, 0.717) is 25.1 Å². The number of carbonyl (C=O) groups is 2. The minimum atomic E-state index is -3.55. The highest BCUT2D eigenvalue weighted by atomic mass is 35.5. The summed E-state index contributed by atoms with van der Waals surface area (Å²) in [7, 11) is -0.624. The molecule has 1 fully saturated rings. The number of halogens is 1. The molecule has 0 saturated carbocycles. The van der Waals surface area contributed by atoms with E-state index >= 15 is 0 Å². The molecule has 1 aromatic rings. The van der Waals surface area contributed by atoms with Crippen molar-refractivity contribution in [1.29, 1.82) is 0 Å². The van der Waals surface area contributed by atoms with Crippen LogP contribution in [0.15, 0.2) is 18.2 Å². The average molecular weight is 418 g/mol. The predicted molar refractivity (Wildman–Crippen MR) is 103 cm³/mol. The molecule has 10 heteroatoms. The lowest BCUT2D eigenvalue weighted by Gasteiger charge is -2.32. The van der Waals surface area contributed by atoms with Crippen LogP contribution in [0, 0.1) is 5.92 Å². The molecule has 27 heavy (non-hydrogen) atoms. The van der Waals surface area contributed by atoms with Gasteiger partial charge in [-0.3, -0.25) is 4.79 Å². The summed E-state index contributed by atoms with van der Waals surface area (Å²) in [5.41, 5.74) is 0.656. The Kier molecular flexibility index (Phi) is 7.21. The number of anilines is 1. The highest BCUT2D eigenvalue weighted by molar-refractivity contribution is 7.86. The van der Waals surface area contributed by atoms with Crippen molar-refractivity contribution >= 4 is 39.4 Å². The fourth-order valence-corrected chi connectivity index (χ4v) is 4.26. The van der Waals surface area contributed by atoms with E-state index in [-0.39, 0.29) is 29.6 Å². The molecule has 0 aromatic heterocycles. The van der Waals surface area contributed by atoms with Gasteiger partial charge in [0.2, 0.25) is 5.91 Å². The zero-order valence-electron chi connectivity index (χ0n) is 15.6. The highest BCUT2D eigenvalue weighted by Gasteiger charge is 2.33. The molecule has 2 rings (SSSR count). The van der Waals surface area contributed by atoms with Crippen molar-refractivity contribution in [3.05, 3.63) is 28.8 Å². The first-order valence-electron chi connectivity index (χ1n) is 8.62. The average Bonchev–Trinajstić information content (AvgIpc) is 2.62. The standard InChI is InChI=1S/C17H24ClN3O5S/c1-4-26-17(23)14-8-7-13(10-15(14)18)19-16(22)12-6-5-9-21(11-12)27(24,25)20(2)3/h7-8,10,12H,4-6,9,11H2,1-3H3,(H,19,22)/t12-/m1/s1. The first-order valence-corrected chi connectivity index (χ1v) is 10.4. The van der Waals surface area contributed by atoms with Gasteiger partial charge < -0.3 is 10.1 Å². The Balaban J connectivity index is 2.06. The zero-order valence-corrected chi connectivity index (χ0v) is 17.1. The summed E-state index contributed by atoms with van der Waals surface area (Å²) in [6, 6.07) is 4.52. The summed E-state index contributed by atoms with van der Waals surface area (Å²) >= 11 is 6.10. The third-order valence-corrected chi connectivity index (χ3v) is 6.49. The Bertz CT molecular complexity index is 813. The Morgan fingerprint density at radius 1 is 1.37 bits per heavy atom. The van der Waals surface area contributed by atoms with Crippen LogP contribution in [0.4, 0.5) is 5.69 Å². The van der Waals surface area contributed by atoms with Gasteiger partial charge in [-0.2, -0.15) is 17.0 Å². The second-order valence-corrected chi connectivity index (χ2v) is 8.94. The van der Waals surface area contributed by atoms with Gasteiger partial charge in [-0.25, -0.2) is 4.79 Å². The first-order chi connectivity index (χ1) is 12.7. The van der Waals surface area contributed by atoms with Crippen LogP contribution in [0.25, 0.3) is 0 Å². The van der Waals surface area contributed by atoms with Gasteiger partial charge in [0.05, 0.1) is 23.1 Å². The Morgan fingerprint density at radius 3 is 2.67 bits per heavy atom. The Labute approximate surface area is 164 Å². The van der Waals surface area contributed by atoms with E-state index in [4.69, 9.17) is 16.3 Å². The maximum atomic E-state index is 12.6. The van der Waals surface area contributed by atoms with Gasteiger partial charge >= 0.3 is 5.97 Å². The summed E-state index contributed by atoms with van der Waals surface area (Å²) in [6.45, 7) is 2.46. The van der Waals surface area contributed by atoms with Crippen LogP contribution in [-0.4, -0.2) is 62.7 Å². The normalized spacial score (nSPS) is 18.3. The molecule has 1 atom stereocenters. The molecular formula is C17H24ClN3O5S. The zero-order chi connectivity index (χ0) is 20.2. The van der Waals surface area contributed by atoms with Crippen LogP contribution in [0.5, 0.6) is 0 Å². The monoisotopic (exact) mass is 417 g/mol. The number of ether oxygens (including phenoxy) is 1. The van der Waals surface area contributed by atoms with Crippen molar-refractivity contribution in [1.82, 2.24) is 8.61 Å². The number of rotatable bonds is 6. The van der Waals surface area contributed by atoms with Crippen LogP contribution >= 0.6 is 11.6 Å². The van der Waals surface area contributed by atoms with Crippen LogP contribution in [0.2, 0.25) is 5.02 Å². The summed E-state index contributed by atoms with van der Waals surface area (Å²) < 4.78 is 31.9. The summed E-state index contributed by atoms with van der Waals surface area (Å²) in [5, 5.41) is 2.91. The van der Waals surface area contributed by atoms with E-state index in [9.17, 15) is 18.0 Å². The molecule has 1 heterocycles. The van der Waals surface area contributed by atoms with Crippen molar-refractivity contribution < 1.29 is 22.7 Å². The SMILES string of the molecule is CCOC(=O)c1ccc(NC(=O)[C@@H]2CCCN(S(=O)(=O)N(C)C)C2)cc1Cl. The topological polar surface area (TPSA) is 96.0 Å². The lowest BCUT2D eigenvalue weighted by molar-refractivity contribution is -0.120. The molecule has 1 aliphatic heterocycles. The largest absolute Gasteiger partial charge is 0.462 e. The van der Waals surface area contributed by atoms with Crippen LogP contribution in [-0.2, 0) is 19.7 Å². The smallest absolute Gasteiger partial charge is 0.339 e.